The van der Waals surface area contributed by atoms with E-state index in [1.165, 1.54) is 4.90 Å². The monoisotopic (exact) mass is 365 g/mol. The molecule has 2 aliphatic carbocycles. The number of allylic oxidation sites excluding steroid dienone is 2. The fourth-order valence-corrected chi connectivity index (χ4v) is 4.65. The number of imide groups is 1. The van der Waals surface area contributed by atoms with Crippen molar-refractivity contribution >= 4 is 29.1 Å². The highest BCUT2D eigenvalue weighted by atomic mass is 35.5. The highest BCUT2D eigenvalue weighted by Crippen LogP contribution is 2.53. The standard InChI is InChI=1S/C21H16ClNO3/c22-16-3-1-2-4-17(16)26-15-9-7-14(8-10-15)23-20(24)18-12-5-6-13(11-12)19(18)21(23)25/h1-10,12-13,18-19H,11H2/t12-,13+,18-,19+. The second kappa shape index (κ2) is 5.71. The molecule has 2 amide bonds. The van der Waals surface area contributed by atoms with Crippen LogP contribution in [0.15, 0.2) is 60.7 Å². The number of rotatable bonds is 3. The number of ether oxygens (including phenoxy) is 1. The predicted octanol–water partition coefficient (Wildman–Crippen LogP) is 4.44. The van der Waals surface area contributed by atoms with Crippen LogP contribution in [0.2, 0.25) is 5.02 Å². The first-order chi connectivity index (χ1) is 12.6. The molecule has 0 unspecified atom stereocenters. The van der Waals surface area contributed by atoms with E-state index < -0.39 is 0 Å². The molecular formula is C21H16ClNO3. The van der Waals surface area contributed by atoms with Gasteiger partial charge in [0.1, 0.15) is 11.5 Å². The third-order valence-corrected chi connectivity index (χ3v) is 5.94. The molecular weight excluding hydrogens is 350 g/mol. The molecule has 4 nitrogen and oxygen atoms in total. The summed E-state index contributed by atoms with van der Waals surface area (Å²) >= 11 is 6.11. The quantitative estimate of drug-likeness (QED) is 0.596. The van der Waals surface area contributed by atoms with Crippen molar-refractivity contribution in [3.8, 4) is 11.5 Å². The van der Waals surface area contributed by atoms with E-state index >= 15 is 0 Å². The van der Waals surface area contributed by atoms with Crippen molar-refractivity contribution in [2.45, 2.75) is 6.42 Å². The van der Waals surface area contributed by atoms with Crippen LogP contribution in [0.1, 0.15) is 6.42 Å². The fourth-order valence-electron chi connectivity index (χ4n) is 4.47. The van der Waals surface area contributed by atoms with Gasteiger partial charge >= 0.3 is 0 Å². The van der Waals surface area contributed by atoms with E-state index in [1.807, 2.05) is 12.1 Å². The SMILES string of the molecule is O=C1[C@@H]2[C@H](C(=O)N1c1ccc(Oc3ccccc3Cl)cc1)[C@@H]1C=C[C@H]2C1. The zero-order valence-electron chi connectivity index (χ0n) is 13.8. The Bertz CT molecular complexity index is 907. The van der Waals surface area contributed by atoms with Crippen molar-refractivity contribution in [1.82, 2.24) is 0 Å². The predicted molar refractivity (Wildman–Crippen MR) is 98.2 cm³/mol. The molecule has 0 spiro atoms. The van der Waals surface area contributed by atoms with Crippen LogP contribution >= 0.6 is 11.6 Å². The Kier molecular flexibility index (Phi) is 3.44. The van der Waals surface area contributed by atoms with E-state index in [-0.39, 0.29) is 35.5 Å². The molecule has 0 N–H and O–H groups in total. The topological polar surface area (TPSA) is 46.6 Å². The van der Waals surface area contributed by atoms with Crippen molar-refractivity contribution in [1.29, 1.82) is 0 Å². The largest absolute Gasteiger partial charge is 0.456 e. The number of benzene rings is 2. The Labute approximate surface area is 156 Å². The molecule has 26 heavy (non-hydrogen) atoms. The molecule has 0 radical (unpaired) electrons. The van der Waals surface area contributed by atoms with E-state index in [1.54, 1.807) is 36.4 Å². The summed E-state index contributed by atoms with van der Waals surface area (Å²) in [7, 11) is 0. The molecule has 1 aliphatic heterocycles. The molecule has 1 heterocycles. The van der Waals surface area contributed by atoms with Gasteiger partial charge in [0, 0.05) is 0 Å². The number of amides is 2. The minimum atomic E-state index is -0.184. The van der Waals surface area contributed by atoms with Crippen LogP contribution in [0.3, 0.4) is 0 Å². The summed E-state index contributed by atoms with van der Waals surface area (Å²) in [6, 6.07) is 14.2. The molecule has 5 rings (SSSR count). The minimum absolute atomic E-state index is 0.0726. The smallest absolute Gasteiger partial charge is 0.238 e. The summed E-state index contributed by atoms with van der Waals surface area (Å²) in [5.41, 5.74) is 0.598. The van der Waals surface area contributed by atoms with Crippen LogP contribution in [0.25, 0.3) is 0 Å². The molecule has 0 aromatic heterocycles. The Hall–Kier alpha value is -2.59. The van der Waals surface area contributed by atoms with Crippen LogP contribution < -0.4 is 9.64 Å². The molecule has 2 aromatic rings. The van der Waals surface area contributed by atoms with Gasteiger partial charge in [-0.3, -0.25) is 14.5 Å². The van der Waals surface area contributed by atoms with Crippen LogP contribution in [-0.4, -0.2) is 11.8 Å². The van der Waals surface area contributed by atoms with Crippen LogP contribution in [0, 0.1) is 23.7 Å². The minimum Gasteiger partial charge on any atom is -0.456 e. The van der Waals surface area contributed by atoms with Crippen LogP contribution in [-0.2, 0) is 9.59 Å². The summed E-state index contributed by atoms with van der Waals surface area (Å²) in [6.07, 6.45) is 5.13. The summed E-state index contributed by atoms with van der Waals surface area (Å²) in [4.78, 5) is 27.0. The lowest BCUT2D eigenvalue weighted by atomic mass is 9.85. The van der Waals surface area contributed by atoms with Gasteiger partial charge in [0.15, 0.2) is 0 Å². The highest BCUT2D eigenvalue weighted by molar-refractivity contribution is 6.32. The number of fused-ring (bicyclic) bond motifs is 5. The normalized spacial score (nSPS) is 28.7. The average Bonchev–Trinajstić information content (AvgIpc) is 3.32. The zero-order chi connectivity index (χ0) is 17.8. The van der Waals surface area contributed by atoms with Crippen molar-refractivity contribution in [3.63, 3.8) is 0 Å². The molecule has 1 saturated heterocycles. The van der Waals surface area contributed by atoms with Crippen molar-refractivity contribution in [2.75, 3.05) is 4.90 Å². The average molecular weight is 366 g/mol. The van der Waals surface area contributed by atoms with Crippen molar-refractivity contribution in [3.05, 3.63) is 65.7 Å². The van der Waals surface area contributed by atoms with Gasteiger partial charge in [-0.1, -0.05) is 35.9 Å². The second-order valence-electron chi connectivity index (χ2n) is 7.04. The number of hydrogen-bond donors (Lipinski definition) is 0. The highest BCUT2D eigenvalue weighted by Gasteiger charge is 2.59. The van der Waals surface area contributed by atoms with E-state index in [0.717, 1.165) is 6.42 Å². The number of carbonyl (C=O) groups is 2. The first-order valence-corrected chi connectivity index (χ1v) is 9.10. The van der Waals surface area contributed by atoms with Gasteiger partial charge in [0.05, 0.1) is 22.5 Å². The number of halogens is 1. The van der Waals surface area contributed by atoms with Gasteiger partial charge in [-0.25, -0.2) is 0 Å². The molecule has 1 saturated carbocycles. The van der Waals surface area contributed by atoms with E-state index in [0.29, 0.717) is 22.2 Å². The molecule has 2 fully saturated rings. The Morgan fingerprint density at radius 1 is 0.885 bits per heavy atom. The molecule has 130 valence electrons. The van der Waals surface area contributed by atoms with Crippen molar-refractivity contribution in [2.24, 2.45) is 23.7 Å². The summed E-state index contributed by atoms with van der Waals surface area (Å²) in [6.45, 7) is 0. The Balaban J connectivity index is 1.39. The maximum atomic E-state index is 12.8. The molecule has 2 aromatic carbocycles. The van der Waals surface area contributed by atoms with Gasteiger partial charge < -0.3 is 4.74 Å². The van der Waals surface area contributed by atoms with Crippen LogP contribution in [0.4, 0.5) is 5.69 Å². The van der Waals surface area contributed by atoms with Gasteiger partial charge in [-0.2, -0.15) is 0 Å². The maximum absolute atomic E-state index is 12.8. The Morgan fingerprint density at radius 3 is 2.12 bits per heavy atom. The third-order valence-electron chi connectivity index (χ3n) is 5.63. The van der Waals surface area contributed by atoms with Crippen molar-refractivity contribution < 1.29 is 14.3 Å². The zero-order valence-corrected chi connectivity index (χ0v) is 14.6. The van der Waals surface area contributed by atoms with Gasteiger partial charge in [-0.15, -0.1) is 0 Å². The summed E-state index contributed by atoms with van der Waals surface area (Å²) in [5.74, 6) is 1.08. The van der Waals surface area contributed by atoms with Crippen LogP contribution in [0.5, 0.6) is 11.5 Å². The summed E-state index contributed by atoms with van der Waals surface area (Å²) < 4.78 is 5.77. The molecule has 5 heteroatoms. The first kappa shape index (κ1) is 15.6. The summed E-state index contributed by atoms with van der Waals surface area (Å²) in [5, 5.41) is 0.525. The molecule has 2 bridgehead atoms. The van der Waals surface area contributed by atoms with E-state index in [4.69, 9.17) is 16.3 Å². The van der Waals surface area contributed by atoms with Gasteiger partial charge in [0.2, 0.25) is 11.8 Å². The lowest BCUT2D eigenvalue weighted by Gasteiger charge is -2.17. The molecule has 3 aliphatic rings. The van der Waals surface area contributed by atoms with E-state index in [2.05, 4.69) is 12.2 Å². The van der Waals surface area contributed by atoms with E-state index in [9.17, 15) is 9.59 Å². The number of para-hydroxylation sites is 1. The lowest BCUT2D eigenvalue weighted by molar-refractivity contribution is -0.123. The number of hydrogen-bond acceptors (Lipinski definition) is 3. The third kappa shape index (κ3) is 2.22. The lowest BCUT2D eigenvalue weighted by Crippen LogP contribution is -2.32. The molecule has 4 atom stereocenters. The Morgan fingerprint density at radius 2 is 1.50 bits per heavy atom. The number of carbonyl (C=O) groups excluding carboxylic acids is 2. The maximum Gasteiger partial charge on any atom is 0.238 e. The first-order valence-electron chi connectivity index (χ1n) is 8.72. The van der Waals surface area contributed by atoms with Gasteiger partial charge in [-0.05, 0) is 54.7 Å². The van der Waals surface area contributed by atoms with Gasteiger partial charge in [0.25, 0.3) is 0 Å². The second-order valence-corrected chi connectivity index (χ2v) is 7.45. The number of nitrogens with zero attached hydrogens (tertiary/aromatic N) is 1. The fraction of sp³-hybridized carbons (Fsp3) is 0.238. The number of anilines is 1.